The molecule has 1 heterocycles. The lowest BCUT2D eigenvalue weighted by molar-refractivity contribution is -0.126. The Morgan fingerprint density at radius 3 is 2.83 bits per heavy atom. The van der Waals surface area contributed by atoms with Crippen molar-refractivity contribution in [2.75, 3.05) is 5.32 Å². The lowest BCUT2D eigenvalue weighted by Gasteiger charge is -2.02. The molecule has 0 atom stereocenters. The number of nitrogens with one attached hydrogen (secondary N) is 1. The fraction of sp³-hybridized carbons (Fsp3) is 0.333. The molecule has 4 nitrogen and oxygen atoms in total. The molecule has 1 aromatic rings. The highest BCUT2D eigenvalue weighted by Crippen LogP contribution is 2.05. The molecule has 1 aromatic heterocycles. The Morgan fingerprint density at radius 1 is 1.75 bits per heavy atom. The molecule has 6 heteroatoms. The van der Waals surface area contributed by atoms with Crippen LogP contribution in [0, 0.1) is 0 Å². The zero-order chi connectivity index (χ0) is 9.14. The van der Waals surface area contributed by atoms with Crippen LogP contribution in [0.1, 0.15) is 0 Å². The molecule has 0 saturated heterocycles. The Balaban J connectivity index is 2.64. The van der Waals surface area contributed by atoms with E-state index in [0.29, 0.717) is 0 Å². The van der Waals surface area contributed by atoms with Gasteiger partial charge < -0.3 is 5.32 Å². The number of hydrogen-bond donors (Lipinski definition) is 1. The number of hydrogen-bond acceptors (Lipinski definition) is 2. The number of aryl methyl sites for hydroxylation is 1. The Kier molecular flexibility index (Phi) is 2.37. The molecule has 0 aliphatic heterocycles. The summed E-state index contributed by atoms with van der Waals surface area (Å²) in [5.41, 5.74) is 0. The van der Waals surface area contributed by atoms with E-state index in [0.717, 1.165) is 0 Å². The van der Waals surface area contributed by atoms with Crippen LogP contribution >= 0.6 is 0 Å². The minimum atomic E-state index is -3.00. The molecule has 12 heavy (non-hydrogen) atoms. The van der Waals surface area contributed by atoms with Gasteiger partial charge in [0, 0.05) is 13.1 Å². The van der Waals surface area contributed by atoms with Crippen molar-refractivity contribution in [1.82, 2.24) is 9.78 Å². The minimum Gasteiger partial charge on any atom is -0.306 e. The first-order valence-electron chi connectivity index (χ1n) is 3.18. The Bertz CT molecular complexity index is 284. The van der Waals surface area contributed by atoms with Gasteiger partial charge >= 0.3 is 6.43 Å². The smallest absolute Gasteiger partial charge is 0.306 e. The van der Waals surface area contributed by atoms with Crippen LogP contribution in [0.15, 0.2) is 12.3 Å². The lowest BCUT2D eigenvalue weighted by Crippen LogP contribution is -2.21. The second-order valence-electron chi connectivity index (χ2n) is 2.13. The fourth-order valence-electron chi connectivity index (χ4n) is 0.677. The molecular weight excluding hydrogens is 168 g/mol. The van der Waals surface area contributed by atoms with E-state index in [4.69, 9.17) is 0 Å². The van der Waals surface area contributed by atoms with Gasteiger partial charge in [0.05, 0.1) is 6.20 Å². The molecule has 66 valence electrons. The summed E-state index contributed by atoms with van der Waals surface area (Å²) in [6.07, 6.45) is -1.60. The van der Waals surface area contributed by atoms with Crippen molar-refractivity contribution in [3.8, 4) is 0 Å². The van der Waals surface area contributed by atoms with E-state index in [-0.39, 0.29) is 5.82 Å². The van der Waals surface area contributed by atoms with Gasteiger partial charge in [-0.05, 0) is 0 Å². The van der Waals surface area contributed by atoms with Crippen molar-refractivity contribution in [2.45, 2.75) is 6.43 Å². The Hall–Kier alpha value is -1.46. The predicted octanol–water partition coefficient (Wildman–Crippen LogP) is 0.624. The van der Waals surface area contributed by atoms with Gasteiger partial charge in [0.15, 0.2) is 0 Å². The van der Waals surface area contributed by atoms with Gasteiger partial charge in [-0.1, -0.05) is 0 Å². The number of carbonyl (C=O) groups is 1. The van der Waals surface area contributed by atoms with Crippen molar-refractivity contribution < 1.29 is 13.6 Å². The Morgan fingerprint density at radius 2 is 2.42 bits per heavy atom. The van der Waals surface area contributed by atoms with Crippen LogP contribution in [0.25, 0.3) is 0 Å². The van der Waals surface area contributed by atoms with Gasteiger partial charge in [-0.25, -0.2) is 0 Å². The molecule has 1 rings (SSSR count). The average Bonchev–Trinajstić information content (AvgIpc) is 2.36. The third-order valence-electron chi connectivity index (χ3n) is 1.27. The van der Waals surface area contributed by atoms with Gasteiger partial charge in [-0.15, -0.1) is 0 Å². The molecule has 0 fully saturated rings. The van der Waals surface area contributed by atoms with E-state index in [1.807, 2.05) is 5.32 Å². The van der Waals surface area contributed by atoms with E-state index < -0.39 is 12.3 Å². The molecule has 0 saturated carbocycles. The lowest BCUT2D eigenvalue weighted by atomic mass is 10.5. The highest BCUT2D eigenvalue weighted by atomic mass is 19.3. The molecule has 0 bridgehead atoms. The zero-order valence-electron chi connectivity index (χ0n) is 6.29. The second-order valence-corrected chi connectivity index (χ2v) is 2.13. The van der Waals surface area contributed by atoms with Crippen LogP contribution in [0.5, 0.6) is 0 Å². The van der Waals surface area contributed by atoms with Crippen molar-refractivity contribution in [1.29, 1.82) is 0 Å². The standard InChI is InChI=1S/C6H7F2N3O/c1-11-4(2-3-9-11)10-6(12)5(7)8/h2-3,5H,1H3,(H,10,12). The number of nitrogens with zero attached hydrogens (tertiary/aromatic N) is 2. The van der Waals surface area contributed by atoms with Gasteiger partial charge in [-0.3, -0.25) is 9.48 Å². The molecule has 0 unspecified atom stereocenters. The molecule has 0 aliphatic rings. The zero-order valence-corrected chi connectivity index (χ0v) is 6.29. The van der Waals surface area contributed by atoms with Crippen LogP contribution in [0.3, 0.4) is 0 Å². The largest absolute Gasteiger partial charge is 0.315 e. The van der Waals surface area contributed by atoms with E-state index in [1.165, 1.54) is 16.9 Å². The molecular formula is C6H7F2N3O. The fourth-order valence-corrected chi connectivity index (χ4v) is 0.677. The third-order valence-corrected chi connectivity index (χ3v) is 1.27. The monoisotopic (exact) mass is 175 g/mol. The summed E-state index contributed by atoms with van der Waals surface area (Å²) < 4.78 is 24.7. The predicted molar refractivity (Wildman–Crippen MR) is 37.8 cm³/mol. The normalized spacial score (nSPS) is 10.3. The maximum atomic E-state index is 11.7. The number of halogens is 2. The maximum absolute atomic E-state index is 11.7. The first kappa shape index (κ1) is 8.63. The van der Waals surface area contributed by atoms with E-state index in [2.05, 4.69) is 5.10 Å². The number of anilines is 1. The van der Waals surface area contributed by atoms with E-state index >= 15 is 0 Å². The van der Waals surface area contributed by atoms with E-state index in [1.54, 1.807) is 7.05 Å². The first-order chi connectivity index (χ1) is 5.61. The van der Waals surface area contributed by atoms with Crippen molar-refractivity contribution >= 4 is 11.7 Å². The number of aromatic nitrogens is 2. The molecule has 0 aromatic carbocycles. The average molecular weight is 175 g/mol. The summed E-state index contributed by atoms with van der Waals surface area (Å²) in [6, 6.07) is 1.43. The second kappa shape index (κ2) is 3.29. The topological polar surface area (TPSA) is 46.9 Å². The highest BCUT2D eigenvalue weighted by molar-refractivity contribution is 5.92. The first-order valence-corrected chi connectivity index (χ1v) is 3.18. The summed E-state index contributed by atoms with van der Waals surface area (Å²) in [5, 5.41) is 5.69. The van der Waals surface area contributed by atoms with Gasteiger partial charge in [0.1, 0.15) is 5.82 Å². The third kappa shape index (κ3) is 1.77. The van der Waals surface area contributed by atoms with Crippen molar-refractivity contribution in [3.63, 3.8) is 0 Å². The van der Waals surface area contributed by atoms with Crippen LogP contribution < -0.4 is 5.32 Å². The van der Waals surface area contributed by atoms with Crippen molar-refractivity contribution in [2.24, 2.45) is 7.05 Å². The number of carbonyl (C=O) groups excluding carboxylic acids is 1. The van der Waals surface area contributed by atoms with Crippen LogP contribution in [-0.4, -0.2) is 22.1 Å². The van der Waals surface area contributed by atoms with Gasteiger partial charge in [-0.2, -0.15) is 13.9 Å². The quantitative estimate of drug-likeness (QED) is 0.716. The van der Waals surface area contributed by atoms with E-state index in [9.17, 15) is 13.6 Å². The van der Waals surface area contributed by atoms with Crippen LogP contribution in [0.2, 0.25) is 0 Å². The SMILES string of the molecule is Cn1nccc1NC(=O)C(F)F. The molecule has 1 N–H and O–H groups in total. The van der Waals surface area contributed by atoms with Crippen LogP contribution in [0.4, 0.5) is 14.6 Å². The highest BCUT2D eigenvalue weighted by Gasteiger charge is 2.15. The maximum Gasteiger partial charge on any atom is 0.315 e. The summed E-state index contributed by atoms with van der Waals surface area (Å²) >= 11 is 0. The Labute approximate surface area is 67.2 Å². The molecule has 1 amide bonds. The molecule has 0 radical (unpaired) electrons. The number of amides is 1. The molecule has 0 aliphatic carbocycles. The van der Waals surface area contributed by atoms with Gasteiger partial charge in [0.25, 0.3) is 5.91 Å². The van der Waals surface area contributed by atoms with Crippen molar-refractivity contribution in [3.05, 3.63) is 12.3 Å². The summed E-state index contributed by atoms with van der Waals surface area (Å²) in [6.45, 7) is 0. The van der Waals surface area contributed by atoms with Crippen LogP contribution in [-0.2, 0) is 11.8 Å². The summed E-state index contributed by atoms with van der Waals surface area (Å²) in [7, 11) is 1.54. The summed E-state index contributed by atoms with van der Waals surface area (Å²) in [4.78, 5) is 10.5. The number of alkyl halides is 2. The number of rotatable bonds is 2. The summed E-state index contributed by atoms with van der Waals surface area (Å²) in [5.74, 6) is -1.07. The molecule has 0 spiro atoms. The minimum absolute atomic E-state index is 0.250. The van der Waals surface area contributed by atoms with Gasteiger partial charge in [0.2, 0.25) is 0 Å².